The van der Waals surface area contributed by atoms with Gasteiger partial charge in [-0.3, -0.25) is 0 Å². The Kier molecular flexibility index (Phi) is 4.66. The summed E-state index contributed by atoms with van der Waals surface area (Å²) in [6.07, 6.45) is -4.69. The zero-order valence-corrected chi connectivity index (χ0v) is 13.3. The quantitative estimate of drug-likeness (QED) is 0.769. The highest BCUT2D eigenvalue weighted by atomic mass is 35.5. The second-order valence-corrected chi connectivity index (χ2v) is 6.10. The molecule has 0 saturated carbocycles. The first-order valence-corrected chi connectivity index (χ1v) is 7.35. The second kappa shape index (κ2) is 5.91. The van der Waals surface area contributed by atoms with Crippen LogP contribution < -0.4 is 4.74 Å². The molecule has 1 aliphatic heterocycles. The molecule has 1 saturated heterocycles. The second-order valence-electron chi connectivity index (χ2n) is 5.79. The summed E-state index contributed by atoms with van der Waals surface area (Å²) < 4.78 is 55.3. The van der Waals surface area contributed by atoms with Crippen molar-refractivity contribution in [3.05, 3.63) is 29.8 Å². The van der Waals surface area contributed by atoms with Crippen molar-refractivity contribution in [2.45, 2.75) is 44.4 Å². The van der Waals surface area contributed by atoms with Gasteiger partial charge in [0.15, 0.2) is 5.60 Å². The molecule has 1 fully saturated rings. The van der Waals surface area contributed by atoms with Crippen molar-refractivity contribution in [2.24, 2.45) is 0 Å². The van der Waals surface area contributed by atoms with E-state index >= 15 is 0 Å². The molecule has 0 radical (unpaired) electrons. The predicted molar refractivity (Wildman–Crippen MR) is 76.1 cm³/mol. The highest BCUT2D eigenvalue weighted by Gasteiger charge is 2.51. The Labute approximate surface area is 132 Å². The van der Waals surface area contributed by atoms with E-state index in [1.54, 1.807) is 20.8 Å². The number of benzene rings is 1. The molecule has 0 bridgehead atoms. The van der Waals surface area contributed by atoms with Crippen molar-refractivity contribution in [3.8, 4) is 5.75 Å². The summed E-state index contributed by atoms with van der Waals surface area (Å²) in [6, 6.07) is 4.72. The summed E-state index contributed by atoms with van der Waals surface area (Å²) in [4.78, 5) is 0. The van der Waals surface area contributed by atoms with Gasteiger partial charge in [-0.2, -0.15) is 13.2 Å². The minimum Gasteiger partial charge on any atom is -0.482 e. The van der Waals surface area contributed by atoms with Gasteiger partial charge in [0.25, 0.3) is 0 Å². The Balaban J connectivity index is 2.19. The lowest BCUT2D eigenvalue weighted by Gasteiger charge is -2.39. The molecule has 1 aromatic carbocycles. The number of hydrogen-bond donors (Lipinski definition) is 0. The van der Waals surface area contributed by atoms with Crippen molar-refractivity contribution < 1.29 is 27.4 Å². The maximum Gasteiger partial charge on any atom is 0.416 e. The van der Waals surface area contributed by atoms with Crippen molar-refractivity contribution in [3.63, 3.8) is 0 Å². The van der Waals surface area contributed by atoms with E-state index in [2.05, 4.69) is 0 Å². The Morgan fingerprint density at radius 3 is 2.59 bits per heavy atom. The topological polar surface area (TPSA) is 27.7 Å². The number of alkyl halides is 4. The Hall–Kier alpha value is -0.980. The maximum atomic E-state index is 12.8. The van der Waals surface area contributed by atoms with E-state index in [4.69, 9.17) is 25.8 Å². The number of ether oxygens (including phenoxy) is 3. The van der Waals surface area contributed by atoms with Crippen LogP contribution in [0.15, 0.2) is 24.3 Å². The molecule has 0 amide bonds. The lowest BCUT2D eigenvalue weighted by molar-refractivity contribution is -0.241. The highest BCUT2D eigenvalue weighted by Crippen LogP contribution is 2.38. The zero-order valence-electron chi connectivity index (χ0n) is 12.5. The third-order valence-electron chi connectivity index (χ3n) is 3.74. The lowest BCUT2D eigenvalue weighted by atomic mass is 9.98. The van der Waals surface area contributed by atoms with E-state index in [9.17, 15) is 13.2 Å². The summed E-state index contributed by atoms with van der Waals surface area (Å²) in [6.45, 7) is 5.40. The van der Waals surface area contributed by atoms with Crippen LogP contribution in [0.3, 0.4) is 0 Å². The maximum absolute atomic E-state index is 12.8. The molecule has 2 rings (SSSR count). The van der Waals surface area contributed by atoms with E-state index in [0.717, 1.165) is 12.1 Å². The van der Waals surface area contributed by atoms with Crippen LogP contribution in [0.1, 0.15) is 26.3 Å². The molecule has 0 aliphatic carbocycles. The monoisotopic (exact) mass is 338 g/mol. The van der Waals surface area contributed by atoms with Gasteiger partial charge in [0.05, 0.1) is 24.2 Å². The van der Waals surface area contributed by atoms with E-state index in [1.165, 1.54) is 12.1 Å². The average Bonchev–Trinajstić information content (AvgIpc) is 2.81. The molecule has 0 spiro atoms. The minimum absolute atomic E-state index is 0.0996. The van der Waals surface area contributed by atoms with Crippen LogP contribution in [0.5, 0.6) is 5.75 Å². The molecule has 7 heteroatoms. The first-order chi connectivity index (χ1) is 10.1. The van der Waals surface area contributed by atoms with Gasteiger partial charge in [0, 0.05) is 0 Å². The standard InChI is InChI=1S/C15H18ClF3O3/c1-13(2,14(3)20-9-12(8-16)22-14)21-11-6-4-5-10(7-11)15(17,18)19/h4-7,12H,8-9H2,1-3H3. The molecule has 2 atom stereocenters. The average molecular weight is 339 g/mol. The van der Waals surface area contributed by atoms with Gasteiger partial charge in [-0.1, -0.05) is 6.07 Å². The van der Waals surface area contributed by atoms with Gasteiger partial charge in [0.2, 0.25) is 5.79 Å². The molecule has 2 unspecified atom stereocenters. The predicted octanol–water partition coefficient (Wildman–Crippen LogP) is 4.23. The molecule has 1 heterocycles. The molecular weight excluding hydrogens is 321 g/mol. The minimum atomic E-state index is -4.42. The molecule has 0 aromatic heterocycles. The first-order valence-electron chi connectivity index (χ1n) is 6.81. The van der Waals surface area contributed by atoms with Crippen molar-refractivity contribution in [1.29, 1.82) is 0 Å². The normalized spacial score (nSPS) is 26.2. The van der Waals surface area contributed by atoms with Gasteiger partial charge in [0.1, 0.15) is 5.75 Å². The van der Waals surface area contributed by atoms with E-state index in [-0.39, 0.29) is 17.7 Å². The van der Waals surface area contributed by atoms with Crippen molar-refractivity contribution in [1.82, 2.24) is 0 Å². The van der Waals surface area contributed by atoms with Crippen LogP contribution in [-0.4, -0.2) is 30.0 Å². The molecule has 1 aliphatic rings. The Morgan fingerprint density at radius 2 is 2.05 bits per heavy atom. The van der Waals surface area contributed by atoms with Crippen LogP contribution in [0.2, 0.25) is 0 Å². The van der Waals surface area contributed by atoms with Gasteiger partial charge in [-0.15, -0.1) is 11.6 Å². The van der Waals surface area contributed by atoms with Crippen LogP contribution in [0.4, 0.5) is 13.2 Å². The fourth-order valence-electron chi connectivity index (χ4n) is 2.15. The van der Waals surface area contributed by atoms with Crippen LogP contribution in [-0.2, 0) is 15.7 Å². The fraction of sp³-hybridized carbons (Fsp3) is 0.600. The summed E-state index contributed by atoms with van der Waals surface area (Å²) >= 11 is 5.75. The summed E-state index contributed by atoms with van der Waals surface area (Å²) in [5, 5.41) is 0. The third-order valence-corrected chi connectivity index (χ3v) is 4.08. The largest absolute Gasteiger partial charge is 0.482 e. The van der Waals surface area contributed by atoms with Gasteiger partial charge >= 0.3 is 6.18 Å². The summed E-state index contributed by atoms with van der Waals surface area (Å²) in [5.74, 6) is -0.724. The van der Waals surface area contributed by atoms with E-state index in [1.807, 2.05) is 0 Å². The molecular formula is C15H18ClF3O3. The van der Waals surface area contributed by atoms with Crippen LogP contribution in [0, 0.1) is 0 Å². The Morgan fingerprint density at radius 1 is 1.36 bits per heavy atom. The lowest BCUT2D eigenvalue weighted by Crippen LogP contribution is -2.53. The van der Waals surface area contributed by atoms with Crippen molar-refractivity contribution in [2.75, 3.05) is 12.5 Å². The summed E-state index contributed by atoms with van der Waals surface area (Å²) in [5.41, 5.74) is -1.77. The highest BCUT2D eigenvalue weighted by molar-refractivity contribution is 6.18. The molecule has 1 aromatic rings. The van der Waals surface area contributed by atoms with Crippen molar-refractivity contribution >= 4 is 11.6 Å². The van der Waals surface area contributed by atoms with E-state index in [0.29, 0.717) is 6.61 Å². The number of rotatable bonds is 4. The van der Waals surface area contributed by atoms with Gasteiger partial charge < -0.3 is 14.2 Å². The first kappa shape index (κ1) is 17.4. The van der Waals surface area contributed by atoms with Crippen LogP contribution >= 0.6 is 11.6 Å². The number of halogens is 4. The molecule has 0 N–H and O–H groups in total. The SMILES string of the molecule is CC(C)(Oc1cccc(C(F)(F)F)c1)C1(C)OCC(CCl)O1. The van der Waals surface area contributed by atoms with Gasteiger partial charge in [-0.25, -0.2) is 0 Å². The van der Waals surface area contributed by atoms with Crippen LogP contribution in [0.25, 0.3) is 0 Å². The third kappa shape index (κ3) is 3.50. The molecule has 3 nitrogen and oxygen atoms in total. The number of hydrogen-bond acceptors (Lipinski definition) is 3. The Bertz CT molecular complexity index is 533. The summed E-state index contributed by atoms with van der Waals surface area (Å²) in [7, 11) is 0. The molecule has 124 valence electrons. The van der Waals surface area contributed by atoms with E-state index < -0.39 is 23.1 Å². The smallest absolute Gasteiger partial charge is 0.416 e. The zero-order chi connectivity index (χ0) is 16.6. The molecule has 22 heavy (non-hydrogen) atoms. The van der Waals surface area contributed by atoms with Gasteiger partial charge in [-0.05, 0) is 39.0 Å². The fourth-order valence-corrected chi connectivity index (χ4v) is 2.31.